The molecule has 0 spiro atoms. The molecule has 0 rings (SSSR count). The summed E-state index contributed by atoms with van der Waals surface area (Å²) in [4.78, 5) is 21.4. The monoisotopic (exact) mass is 178 g/mol. The van der Waals surface area contributed by atoms with Gasteiger partial charge in [-0.05, 0) is 0 Å². The summed E-state index contributed by atoms with van der Waals surface area (Å²) in [5.41, 5.74) is 0. The summed E-state index contributed by atoms with van der Waals surface area (Å²) >= 11 is 0. The summed E-state index contributed by atoms with van der Waals surface area (Å²) < 4.78 is 0. The Balaban J connectivity index is -0.00000000900. The lowest BCUT2D eigenvalue weighted by Gasteiger charge is -1.19. The van der Waals surface area contributed by atoms with E-state index in [1.807, 2.05) is 0 Å². The van der Waals surface area contributed by atoms with E-state index in [1.54, 1.807) is 0 Å². The molecule has 0 saturated carbocycles. The Hall–Kier alpha value is 0.961. The van der Waals surface area contributed by atoms with Crippen molar-refractivity contribution in [2.45, 2.75) is 0 Å². The molecule has 1 unspecified atom stereocenters. The van der Waals surface area contributed by atoms with E-state index in [0.717, 1.165) is 0 Å². The van der Waals surface area contributed by atoms with E-state index in [9.17, 15) is 0 Å². The minimum Gasteiger partial charge on any atom is -0.442 e. The van der Waals surface area contributed by atoms with Gasteiger partial charge in [-0.3, -0.25) is 0 Å². The van der Waals surface area contributed by atoms with Crippen LogP contribution in [0.15, 0.2) is 0 Å². The van der Waals surface area contributed by atoms with Gasteiger partial charge in [0.05, 0.1) is 0 Å². The van der Waals surface area contributed by atoms with Crippen LogP contribution in [-0.4, -0.2) is 45.8 Å². The van der Waals surface area contributed by atoms with Crippen molar-refractivity contribution in [1.29, 1.82) is 0 Å². The van der Waals surface area contributed by atoms with Crippen molar-refractivity contribution >= 4 is 41.4 Å². The highest BCUT2D eigenvalue weighted by atomic mass is 31.0. The first kappa shape index (κ1) is 24.6. The van der Waals surface area contributed by atoms with Gasteiger partial charge in [-0.15, -0.1) is 0 Å². The van der Waals surface area contributed by atoms with Crippen LogP contribution < -0.4 is 0 Å². The van der Waals surface area contributed by atoms with Crippen molar-refractivity contribution in [3.8, 4) is 0 Å². The van der Waals surface area contributed by atoms with Crippen molar-refractivity contribution in [2.24, 2.45) is 0 Å². The van der Waals surface area contributed by atoms with E-state index < -0.39 is 0 Å². The van der Waals surface area contributed by atoms with Crippen LogP contribution in [0.1, 0.15) is 0 Å². The highest BCUT2D eigenvalue weighted by Gasteiger charge is 0.895. The van der Waals surface area contributed by atoms with E-state index in [4.69, 9.17) is 14.4 Å². The SMILES string of the molecule is O[SiH3].O[SiH3].O[SiH3].P. The Labute approximate surface area is 56.4 Å². The number of hydrogen-bond acceptors (Lipinski definition) is 3. The molecule has 0 fully saturated rings. The van der Waals surface area contributed by atoms with Crippen LogP contribution in [0, 0.1) is 0 Å². The van der Waals surface area contributed by atoms with Gasteiger partial charge in [0.2, 0.25) is 0 Å². The smallest absolute Gasteiger partial charge is 0.141 e. The van der Waals surface area contributed by atoms with E-state index in [1.165, 1.54) is 0 Å². The van der Waals surface area contributed by atoms with E-state index in [0.29, 0.717) is 31.5 Å². The first-order valence-corrected chi connectivity index (χ1v) is 4.02. The molecule has 1 atom stereocenters. The predicted octanol–water partition coefficient (Wildman–Crippen LogP) is -5.16. The number of rotatable bonds is 0. The molecule has 0 amide bonds. The zero-order valence-electron chi connectivity index (χ0n) is 5.05. The second-order valence-corrected chi connectivity index (χ2v) is 0. The molecular formula is H15O3PSi3. The molecule has 0 bridgehead atoms. The van der Waals surface area contributed by atoms with Crippen LogP contribution in [0.4, 0.5) is 0 Å². The molecule has 0 heterocycles. The minimum atomic E-state index is 0. The van der Waals surface area contributed by atoms with Crippen LogP contribution >= 0.6 is 9.90 Å². The van der Waals surface area contributed by atoms with Crippen LogP contribution in [0.5, 0.6) is 0 Å². The summed E-state index contributed by atoms with van der Waals surface area (Å²) in [6.07, 6.45) is 0. The molecule has 3 nitrogen and oxygen atoms in total. The van der Waals surface area contributed by atoms with Gasteiger partial charge in [0.15, 0.2) is 0 Å². The first-order valence-electron chi connectivity index (χ1n) is 1.34. The van der Waals surface area contributed by atoms with Crippen LogP contribution in [-0.2, 0) is 0 Å². The lowest BCUT2D eigenvalue weighted by Crippen LogP contribution is -1.34. The minimum absolute atomic E-state index is 0. The highest BCUT2D eigenvalue weighted by Crippen LogP contribution is 0.861. The fraction of sp³-hybridized carbons (Fsp3) is 0. The molecule has 0 aromatic carbocycles. The molecule has 0 aliphatic rings. The number of hydrogen-bond donors (Lipinski definition) is 3. The quantitative estimate of drug-likeness (QED) is 0.257. The Bertz CT molecular complexity index is 10.1. The second kappa shape index (κ2) is 268. The molecule has 0 saturated heterocycles. The van der Waals surface area contributed by atoms with Crippen LogP contribution in [0.25, 0.3) is 0 Å². The third-order valence-corrected chi connectivity index (χ3v) is 0. The third kappa shape index (κ3) is 186. The standard InChI is InChI=1S/3H4OSi.H3P/c3*1-2;/h3*1H,2H3;1H3. The lowest BCUT2D eigenvalue weighted by molar-refractivity contribution is 0.628. The van der Waals surface area contributed by atoms with E-state index in [2.05, 4.69) is 0 Å². The highest BCUT2D eigenvalue weighted by molar-refractivity contribution is 6.92. The Kier molecular flexibility index (Phi) is 941. The second-order valence-electron chi connectivity index (χ2n) is 0. The van der Waals surface area contributed by atoms with Gasteiger partial charge >= 0.3 is 0 Å². The van der Waals surface area contributed by atoms with Crippen molar-refractivity contribution in [3.05, 3.63) is 0 Å². The fourth-order valence-electron chi connectivity index (χ4n) is 0. The summed E-state index contributed by atoms with van der Waals surface area (Å²) in [6, 6.07) is 0. The average molecular weight is 178 g/mol. The largest absolute Gasteiger partial charge is 0.442 e. The molecular weight excluding hydrogens is 163 g/mol. The maximum Gasteiger partial charge on any atom is 0.141 e. The summed E-state index contributed by atoms with van der Waals surface area (Å²) in [6.45, 7) is 0. The molecule has 7 heavy (non-hydrogen) atoms. The molecule has 3 N–H and O–H groups in total. The maximum atomic E-state index is 7.14. The van der Waals surface area contributed by atoms with Gasteiger partial charge in [-0.1, -0.05) is 0 Å². The van der Waals surface area contributed by atoms with Crippen LogP contribution in [0.2, 0.25) is 0 Å². The van der Waals surface area contributed by atoms with Crippen molar-refractivity contribution in [2.75, 3.05) is 0 Å². The topological polar surface area (TPSA) is 60.7 Å². The van der Waals surface area contributed by atoms with Crippen molar-refractivity contribution < 1.29 is 14.4 Å². The lowest BCUT2D eigenvalue weighted by atomic mass is 15.9. The van der Waals surface area contributed by atoms with Crippen LogP contribution in [0.3, 0.4) is 0 Å². The molecule has 0 aromatic rings. The van der Waals surface area contributed by atoms with Crippen molar-refractivity contribution in [3.63, 3.8) is 0 Å². The fourth-order valence-corrected chi connectivity index (χ4v) is 0. The Morgan fingerprint density at radius 2 is 0.571 bits per heavy atom. The normalized spacial score (nSPS) is 3.86. The molecule has 0 radical (unpaired) electrons. The Morgan fingerprint density at radius 3 is 0.571 bits per heavy atom. The first-order chi connectivity index (χ1) is 3.00. The summed E-state index contributed by atoms with van der Waals surface area (Å²) in [5.74, 6) is 0. The molecule has 0 aromatic heterocycles. The zero-order valence-corrected chi connectivity index (χ0v) is 12.5. The van der Waals surface area contributed by atoms with Gasteiger partial charge in [-0.2, -0.15) is 9.90 Å². The van der Waals surface area contributed by atoms with E-state index >= 15 is 0 Å². The molecule has 50 valence electrons. The van der Waals surface area contributed by atoms with Gasteiger partial charge < -0.3 is 14.4 Å². The molecule has 0 aliphatic heterocycles. The predicted molar refractivity (Wildman–Crippen MR) is 47.6 cm³/mol. The third-order valence-electron chi connectivity index (χ3n) is 0. The Morgan fingerprint density at radius 1 is 0.571 bits per heavy atom. The molecule has 7 heteroatoms. The van der Waals surface area contributed by atoms with Crippen molar-refractivity contribution in [1.82, 2.24) is 0 Å². The van der Waals surface area contributed by atoms with Gasteiger partial charge in [0, 0.05) is 0 Å². The van der Waals surface area contributed by atoms with E-state index in [-0.39, 0.29) is 9.90 Å². The maximum absolute atomic E-state index is 7.14. The summed E-state index contributed by atoms with van der Waals surface area (Å²) in [5, 5.41) is 0. The van der Waals surface area contributed by atoms with Gasteiger partial charge in [0.1, 0.15) is 31.5 Å². The average Bonchev–Trinajstić information content (AvgIpc) is 1.81. The van der Waals surface area contributed by atoms with Gasteiger partial charge in [-0.25, -0.2) is 0 Å². The van der Waals surface area contributed by atoms with Gasteiger partial charge in [0.25, 0.3) is 0 Å². The zero-order chi connectivity index (χ0) is 6.00. The summed E-state index contributed by atoms with van der Waals surface area (Å²) in [7, 11) is 0.917. The molecule has 0 aliphatic carbocycles.